The van der Waals surface area contributed by atoms with E-state index in [-0.39, 0.29) is 0 Å². The van der Waals surface area contributed by atoms with Gasteiger partial charge in [-0.25, -0.2) is 4.98 Å². The van der Waals surface area contributed by atoms with E-state index < -0.39 is 0 Å². The number of thioether (sulfide) groups is 1. The third-order valence-corrected chi connectivity index (χ3v) is 5.35. The van der Waals surface area contributed by atoms with Gasteiger partial charge < -0.3 is 15.0 Å². The Labute approximate surface area is 117 Å². The van der Waals surface area contributed by atoms with E-state index in [0.29, 0.717) is 12.0 Å². The summed E-state index contributed by atoms with van der Waals surface area (Å²) in [5.41, 5.74) is 1.35. The molecule has 0 spiro atoms. The smallest absolute Gasteiger partial charge is 0.142 e. The summed E-state index contributed by atoms with van der Waals surface area (Å²) < 4.78 is 5.29. The normalized spacial score (nSPS) is 27.2. The number of fused-ring (bicyclic) bond motifs is 3. The van der Waals surface area contributed by atoms with E-state index in [1.165, 1.54) is 28.5 Å². The van der Waals surface area contributed by atoms with Gasteiger partial charge in [-0.2, -0.15) is 0 Å². The molecule has 2 saturated heterocycles. The van der Waals surface area contributed by atoms with Crippen LogP contribution in [0.5, 0.6) is 0 Å². The zero-order valence-electron chi connectivity index (χ0n) is 11.0. The van der Waals surface area contributed by atoms with Gasteiger partial charge in [-0.15, -0.1) is 11.8 Å². The third-order valence-electron chi connectivity index (χ3n) is 4.29. The average molecular weight is 277 g/mol. The van der Waals surface area contributed by atoms with E-state index in [1.54, 1.807) is 0 Å². The van der Waals surface area contributed by atoms with Crippen molar-refractivity contribution in [3.05, 3.63) is 17.8 Å². The molecule has 0 aromatic carbocycles. The number of nitrogens with zero attached hydrogens (tertiary/aromatic N) is 2. The van der Waals surface area contributed by atoms with Crippen molar-refractivity contribution in [2.45, 2.75) is 23.3 Å². The number of ether oxygens (including phenoxy) is 1. The molecular formula is C14H19N3OS. The van der Waals surface area contributed by atoms with E-state index in [1.807, 2.05) is 11.8 Å². The van der Waals surface area contributed by atoms with E-state index in [9.17, 15) is 0 Å². The van der Waals surface area contributed by atoms with Crippen LogP contribution in [0.4, 0.5) is 5.82 Å². The number of pyridine rings is 1. The summed E-state index contributed by atoms with van der Waals surface area (Å²) in [7, 11) is 0. The van der Waals surface area contributed by atoms with Crippen molar-refractivity contribution in [3.63, 3.8) is 0 Å². The van der Waals surface area contributed by atoms with Gasteiger partial charge in [-0.05, 0) is 18.1 Å². The van der Waals surface area contributed by atoms with Crippen molar-refractivity contribution in [2.24, 2.45) is 0 Å². The van der Waals surface area contributed by atoms with Crippen LogP contribution in [-0.4, -0.2) is 49.6 Å². The standard InChI is InChI=1S/C14H19N3OS/c1-4-19-13-5-10(11-8-18-9-11)6-16-14(13)17-3-2-15-7-12(1)17/h5-6,11-12,15H,1-4,7-9H2/t12-/m1/s1. The SMILES string of the molecule is c1nc2c(cc1C1COC1)SCC[C@@H]1CNCCN21. The third kappa shape index (κ3) is 2.14. The lowest BCUT2D eigenvalue weighted by Crippen LogP contribution is -2.51. The first-order valence-corrected chi connectivity index (χ1v) is 8.08. The van der Waals surface area contributed by atoms with Crippen molar-refractivity contribution >= 4 is 17.6 Å². The molecule has 102 valence electrons. The summed E-state index contributed by atoms with van der Waals surface area (Å²) in [4.78, 5) is 8.66. The topological polar surface area (TPSA) is 37.4 Å². The van der Waals surface area contributed by atoms with Crippen LogP contribution in [0.1, 0.15) is 17.9 Å². The average Bonchev–Trinajstić information content (AvgIpc) is 2.55. The van der Waals surface area contributed by atoms with E-state index >= 15 is 0 Å². The molecule has 0 saturated carbocycles. The Morgan fingerprint density at radius 3 is 3.21 bits per heavy atom. The highest BCUT2D eigenvalue weighted by Crippen LogP contribution is 2.37. The second kappa shape index (κ2) is 4.96. The molecule has 0 amide bonds. The molecule has 1 atom stereocenters. The summed E-state index contributed by atoms with van der Waals surface area (Å²) in [6.45, 7) is 4.97. The number of aromatic nitrogens is 1. The highest BCUT2D eigenvalue weighted by Gasteiger charge is 2.29. The minimum absolute atomic E-state index is 0.570. The number of rotatable bonds is 1. The molecule has 19 heavy (non-hydrogen) atoms. The Bertz CT molecular complexity index is 478. The predicted octanol–water partition coefficient (Wildman–Crippen LogP) is 1.47. The molecule has 0 bridgehead atoms. The lowest BCUT2D eigenvalue weighted by Gasteiger charge is -2.36. The molecule has 0 radical (unpaired) electrons. The fraction of sp³-hybridized carbons (Fsp3) is 0.643. The van der Waals surface area contributed by atoms with E-state index in [2.05, 4.69) is 22.5 Å². The Balaban J connectivity index is 1.68. The maximum atomic E-state index is 5.29. The lowest BCUT2D eigenvalue weighted by atomic mass is 9.99. The van der Waals surface area contributed by atoms with Gasteiger partial charge in [-0.1, -0.05) is 0 Å². The minimum Gasteiger partial charge on any atom is -0.380 e. The van der Waals surface area contributed by atoms with Crippen LogP contribution in [0.15, 0.2) is 17.2 Å². The maximum Gasteiger partial charge on any atom is 0.142 e. The van der Waals surface area contributed by atoms with Crippen LogP contribution in [-0.2, 0) is 4.74 Å². The van der Waals surface area contributed by atoms with Crippen LogP contribution < -0.4 is 10.2 Å². The van der Waals surface area contributed by atoms with Crippen LogP contribution in [0.2, 0.25) is 0 Å². The van der Waals surface area contributed by atoms with E-state index in [0.717, 1.165) is 32.8 Å². The molecular weight excluding hydrogens is 258 g/mol. The predicted molar refractivity (Wildman–Crippen MR) is 77.1 cm³/mol. The van der Waals surface area contributed by atoms with Gasteiger partial charge in [0.05, 0.1) is 18.1 Å². The number of hydrogen-bond donors (Lipinski definition) is 1. The van der Waals surface area contributed by atoms with Crippen LogP contribution >= 0.6 is 11.8 Å². The Morgan fingerprint density at radius 1 is 1.42 bits per heavy atom. The Kier molecular flexibility index (Phi) is 3.13. The van der Waals surface area contributed by atoms with Gasteiger partial charge >= 0.3 is 0 Å². The van der Waals surface area contributed by atoms with Crippen molar-refractivity contribution < 1.29 is 4.74 Å². The highest BCUT2D eigenvalue weighted by atomic mass is 32.2. The van der Waals surface area contributed by atoms with Gasteiger partial charge in [0.15, 0.2) is 0 Å². The molecule has 1 aromatic rings. The Morgan fingerprint density at radius 2 is 2.37 bits per heavy atom. The van der Waals surface area contributed by atoms with Gasteiger partial charge in [0, 0.05) is 43.5 Å². The second-order valence-electron chi connectivity index (χ2n) is 5.51. The molecule has 3 aliphatic heterocycles. The summed E-state index contributed by atoms with van der Waals surface area (Å²) in [5, 5.41) is 3.50. The molecule has 0 unspecified atom stereocenters. The van der Waals surface area contributed by atoms with Gasteiger partial charge in [0.1, 0.15) is 5.82 Å². The summed E-state index contributed by atoms with van der Waals surface area (Å²) in [5.74, 6) is 2.97. The summed E-state index contributed by atoms with van der Waals surface area (Å²) >= 11 is 1.97. The fourth-order valence-corrected chi connectivity index (χ4v) is 4.16. The first-order valence-electron chi connectivity index (χ1n) is 7.09. The van der Waals surface area contributed by atoms with Crippen molar-refractivity contribution in [3.8, 4) is 0 Å². The molecule has 2 fully saturated rings. The first-order chi connectivity index (χ1) is 9.42. The van der Waals surface area contributed by atoms with Crippen molar-refractivity contribution in [2.75, 3.05) is 43.5 Å². The monoisotopic (exact) mass is 277 g/mol. The molecule has 4 rings (SSSR count). The minimum atomic E-state index is 0.570. The van der Waals surface area contributed by atoms with Crippen LogP contribution in [0, 0.1) is 0 Å². The quantitative estimate of drug-likeness (QED) is 0.841. The van der Waals surface area contributed by atoms with Gasteiger partial charge in [-0.3, -0.25) is 0 Å². The molecule has 1 N–H and O–H groups in total. The Hall–Kier alpha value is -0.780. The zero-order chi connectivity index (χ0) is 12.7. The first kappa shape index (κ1) is 12.0. The highest BCUT2D eigenvalue weighted by molar-refractivity contribution is 7.99. The van der Waals surface area contributed by atoms with Gasteiger partial charge in [0.2, 0.25) is 0 Å². The molecule has 0 aliphatic carbocycles. The molecule has 4 heterocycles. The number of hydrogen-bond acceptors (Lipinski definition) is 5. The maximum absolute atomic E-state index is 5.29. The van der Waals surface area contributed by atoms with Crippen LogP contribution in [0.25, 0.3) is 0 Å². The fourth-order valence-electron chi connectivity index (χ4n) is 3.03. The molecule has 4 nitrogen and oxygen atoms in total. The lowest BCUT2D eigenvalue weighted by molar-refractivity contribution is 0.00821. The summed E-state index contributed by atoms with van der Waals surface area (Å²) in [6, 6.07) is 2.97. The molecule has 5 heteroatoms. The molecule has 3 aliphatic rings. The zero-order valence-corrected chi connectivity index (χ0v) is 11.8. The number of piperazine rings is 1. The van der Waals surface area contributed by atoms with E-state index in [4.69, 9.17) is 9.72 Å². The summed E-state index contributed by atoms with van der Waals surface area (Å²) in [6.07, 6.45) is 3.31. The number of anilines is 1. The second-order valence-corrected chi connectivity index (χ2v) is 6.65. The van der Waals surface area contributed by atoms with Crippen molar-refractivity contribution in [1.29, 1.82) is 0 Å². The largest absolute Gasteiger partial charge is 0.380 e. The molecule has 1 aromatic heterocycles. The number of nitrogens with one attached hydrogen (secondary N) is 1. The van der Waals surface area contributed by atoms with Crippen molar-refractivity contribution in [1.82, 2.24) is 10.3 Å². The van der Waals surface area contributed by atoms with Gasteiger partial charge in [0.25, 0.3) is 0 Å². The van der Waals surface area contributed by atoms with Crippen LogP contribution in [0.3, 0.4) is 0 Å².